The smallest absolute Gasteiger partial charge is 0.331 e. The Morgan fingerprint density at radius 2 is 1.90 bits per heavy atom. The first-order valence-corrected chi connectivity index (χ1v) is 7.03. The van der Waals surface area contributed by atoms with Gasteiger partial charge >= 0.3 is 5.97 Å². The second-order valence-electron chi connectivity index (χ2n) is 6.29. The summed E-state index contributed by atoms with van der Waals surface area (Å²) >= 11 is 0. The summed E-state index contributed by atoms with van der Waals surface area (Å²) in [5, 5.41) is 0. The Balaban J connectivity index is 2.21. The lowest BCUT2D eigenvalue weighted by Crippen LogP contribution is -2.35. The van der Waals surface area contributed by atoms with Gasteiger partial charge in [0.2, 0.25) is 0 Å². The first-order chi connectivity index (χ1) is 9.81. The van der Waals surface area contributed by atoms with Crippen LogP contribution in [-0.2, 0) is 14.3 Å². The maximum Gasteiger partial charge on any atom is 0.331 e. The highest BCUT2D eigenvalue weighted by Crippen LogP contribution is 2.36. The Bertz CT molecular complexity index is 571. The maximum atomic E-state index is 12.6. The van der Waals surface area contributed by atoms with Gasteiger partial charge < -0.3 is 9.64 Å². The fourth-order valence-corrected chi connectivity index (χ4v) is 2.47. The average molecular weight is 287 g/mol. The molecule has 4 nitrogen and oxygen atoms in total. The molecule has 1 heterocycles. The molecule has 4 heteroatoms. The molecule has 0 radical (unpaired) electrons. The molecule has 1 aliphatic rings. The highest BCUT2D eigenvalue weighted by Gasteiger charge is 2.49. The van der Waals surface area contributed by atoms with E-state index >= 15 is 0 Å². The number of ether oxygens (including phenoxy) is 1. The van der Waals surface area contributed by atoms with Gasteiger partial charge in [0.25, 0.3) is 5.91 Å². The number of carbonyl (C=O) groups is 2. The van der Waals surface area contributed by atoms with Crippen molar-refractivity contribution in [3.05, 3.63) is 42.0 Å². The maximum absolute atomic E-state index is 12.6. The van der Waals surface area contributed by atoms with Crippen LogP contribution < -0.4 is 4.90 Å². The van der Waals surface area contributed by atoms with Crippen molar-refractivity contribution in [1.82, 2.24) is 0 Å². The van der Waals surface area contributed by atoms with Crippen LogP contribution in [0.5, 0.6) is 0 Å². The van der Waals surface area contributed by atoms with Crippen molar-refractivity contribution >= 4 is 17.6 Å². The zero-order valence-corrected chi connectivity index (χ0v) is 12.9. The second-order valence-corrected chi connectivity index (χ2v) is 6.29. The van der Waals surface area contributed by atoms with Crippen molar-refractivity contribution in [3.8, 4) is 0 Å². The Morgan fingerprint density at radius 3 is 2.48 bits per heavy atom. The van der Waals surface area contributed by atoms with Crippen molar-refractivity contribution in [2.24, 2.45) is 5.41 Å². The van der Waals surface area contributed by atoms with E-state index in [1.165, 1.54) is 6.08 Å². The van der Waals surface area contributed by atoms with Crippen LogP contribution in [-0.4, -0.2) is 24.5 Å². The molecular formula is C17H21NO3. The summed E-state index contributed by atoms with van der Waals surface area (Å²) in [5.74, 6) is -0.627. The second kappa shape index (κ2) is 5.72. The molecule has 0 saturated carbocycles. The Kier molecular flexibility index (Phi) is 4.16. The molecule has 1 atom stereocenters. The summed E-state index contributed by atoms with van der Waals surface area (Å²) in [6.45, 7) is 8.05. The summed E-state index contributed by atoms with van der Waals surface area (Å²) in [7, 11) is 0. The standard InChI is InChI=1S/C17H21NO3/c1-12(2)10-14(19)21-15-16(20)18(11-17(15,3)4)13-8-6-5-7-9-13/h5-10,15H,11H2,1-4H3. The summed E-state index contributed by atoms with van der Waals surface area (Å²) in [5.41, 5.74) is 1.26. The zero-order valence-electron chi connectivity index (χ0n) is 12.9. The fraction of sp³-hybridized carbons (Fsp3) is 0.412. The third-order valence-corrected chi connectivity index (χ3v) is 3.47. The van der Waals surface area contributed by atoms with Gasteiger partial charge in [0.05, 0.1) is 0 Å². The van der Waals surface area contributed by atoms with Crippen LogP contribution in [0.15, 0.2) is 42.0 Å². The summed E-state index contributed by atoms with van der Waals surface area (Å²) in [6.07, 6.45) is 0.662. The van der Waals surface area contributed by atoms with Crippen LogP contribution >= 0.6 is 0 Å². The van der Waals surface area contributed by atoms with E-state index in [4.69, 9.17) is 4.74 Å². The molecule has 0 bridgehead atoms. The van der Waals surface area contributed by atoms with E-state index in [1.807, 2.05) is 58.0 Å². The number of amides is 1. The Hall–Kier alpha value is -2.10. The molecule has 1 unspecified atom stereocenters. The van der Waals surface area contributed by atoms with Crippen molar-refractivity contribution in [3.63, 3.8) is 0 Å². The molecule has 2 rings (SSSR count). The molecule has 1 aromatic carbocycles. The van der Waals surface area contributed by atoms with Crippen molar-refractivity contribution < 1.29 is 14.3 Å². The highest BCUT2D eigenvalue weighted by molar-refractivity contribution is 6.01. The van der Waals surface area contributed by atoms with E-state index in [0.29, 0.717) is 6.54 Å². The van der Waals surface area contributed by atoms with Gasteiger partial charge in [-0.2, -0.15) is 0 Å². The van der Waals surface area contributed by atoms with Gasteiger partial charge in [-0.1, -0.05) is 37.6 Å². The van der Waals surface area contributed by atoms with Crippen molar-refractivity contribution in [1.29, 1.82) is 0 Å². The number of benzene rings is 1. The number of hydrogen-bond donors (Lipinski definition) is 0. The number of rotatable bonds is 3. The number of para-hydroxylation sites is 1. The monoisotopic (exact) mass is 287 g/mol. The molecule has 1 fully saturated rings. The minimum atomic E-state index is -0.749. The largest absolute Gasteiger partial charge is 0.448 e. The minimum Gasteiger partial charge on any atom is -0.448 e. The lowest BCUT2D eigenvalue weighted by atomic mass is 9.89. The molecular weight excluding hydrogens is 266 g/mol. The number of nitrogens with zero attached hydrogens (tertiary/aromatic N) is 1. The molecule has 1 saturated heterocycles. The minimum absolute atomic E-state index is 0.165. The molecule has 0 aliphatic carbocycles. The van der Waals surface area contributed by atoms with E-state index in [0.717, 1.165) is 11.3 Å². The molecule has 112 valence electrons. The van der Waals surface area contributed by atoms with Crippen LogP contribution in [0.3, 0.4) is 0 Å². The zero-order chi connectivity index (χ0) is 15.6. The van der Waals surface area contributed by atoms with Crippen LogP contribution in [0.4, 0.5) is 5.69 Å². The fourth-order valence-electron chi connectivity index (χ4n) is 2.47. The van der Waals surface area contributed by atoms with Gasteiger partial charge in [0.1, 0.15) is 0 Å². The molecule has 21 heavy (non-hydrogen) atoms. The third-order valence-electron chi connectivity index (χ3n) is 3.47. The van der Waals surface area contributed by atoms with E-state index < -0.39 is 17.5 Å². The summed E-state index contributed by atoms with van der Waals surface area (Å²) in [4.78, 5) is 26.1. The summed E-state index contributed by atoms with van der Waals surface area (Å²) < 4.78 is 5.39. The number of anilines is 1. The van der Waals surface area contributed by atoms with Gasteiger partial charge in [0.15, 0.2) is 6.10 Å². The van der Waals surface area contributed by atoms with E-state index in [1.54, 1.807) is 4.90 Å². The lowest BCUT2D eigenvalue weighted by Gasteiger charge is -2.22. The SMILES string of the molecule is CC(C)=CC(=O)OC1C(=O)N(c2ccccc2)CC1(C)C. The first kappa shape index (κ1) is 15.3. The quantitative estimate of drug-likeness (QED) is 0.634. The molecule has 0 spiro atoms. The lowest BCUT2D eigenvalue weighted by molar-refractivity contribution is -0.153. The molecule has 1 amide bonds. The Morgan fingerprint density at radius 1 is 1.29 bits per heavy atom. The highest BCUT2D eigenvalue weighted by atomic mass is 16.5. The van der Waals surface area contributed by atoms with Gasteiger partial charge in [-0.3, -0.25) is 4.79 Å². The number of allylic oxidation sites excluding steroid dienone is 1. The van der Waals surface area contributed by atoms with E-state index in [9.17, 15) is 9.59 Å². The van der Waals surface area contributed by atoms with Gasteiger partial charge in [-0.25, -0.2) is 4.79 Å². The molecule has 1 aliphatic heterocycles. The van der Waals surface area contributed by atoms with Crippen molar-refractivity contribution in [2.75, 3.05) is 11.4 Å². The van der Waals surface area contributed by atoms with Crippen molar-refractivity contribution in [2.45, 2.75) is 33.8 Å². The summed E-state index contributed by atoms with van der Waals surface area (Å²) in [6, 6.07) is 9.44. The first-order valence-electron chi connectivity index (χ1n) is 7.03. The normalized spacial score (nSPS) is 20.3. The molecule has 0 N–H and O–H groups in total. The van der Waals surface area contributed by atoms with Crippen LogP contribution in [0.25, 0.3) is 0 Å². The van der Waals surface area contributed by atoms with Gasteiger partial charge in [0, 0.05) is 23.7 Å². The number of hydrogen-bond acceptors (Lipinski definition) is 3. The van der Waals surface area contributed by atoms with E-state index in [-0.39, 0.29) is 5.91 Å². The number of esters is 1. The third kappa shape index (κ3) is 3.32. The topological polar surface area (TPSA) is 46.6 Å². The predicted molar refractivity (Wildman–Crippen MR) is 81.9 cm³/mol. The molecule has 1 aromatic rings. The predicted octanol–water partition coefficient (Wildman–Crippen LogP) is 2.94. The van der Waals surface area contributed by atoms with Gasteiger partial charge in [-0.05, 0) is 26.0 Å². The van der Waals surface area contributed by atoms with Gasteiger partial charge in [-0.15, -0.1) is 0 Å². The van der Waals surface area contributed by atoms with Crippen LogP contribution in [0, 0.1) is 5.41 Å². The Labute approximate surface area is 125 Å². The number of carbonyl (C=O) groups excluding carboxylic acids is 2. The van der Waals surface area contributed by atoms with Crippen LogP contribution in [0.1, 0.15) is 27.7 Å². The van der Waals surface area contributed by atoms with Crippen LogP contribution in [0.2, 0.25) is 0 Å². The van der Waals surface area contributed by atoms with E-state index in [2.05, 4.69) is 0 Å². The molecule has 0 aromatic heterocycles. The average Bonchev–Trinajstić information content (AvgIpc) is 2.62.